The Bertz CT molecular complexity index is 653. The largest absolute Gasteiger partial charge is 0.496 e. The highest BCUT2D eigenvalue weighted by atomic mass is 16.5. The third kappa shape index (κ3) is 5.50. The molecule has 2 aromatic rings. The van der Waals surface area contributed by atoms with Crippen molar-refractivity contribution in [2.75, 3.05) is 20.3 Å². The fourth-order valence-electron chi connectivity index (χ4n) is 3.57. The van der Waals surface area contributed by atoms with E-state index in [1.807, 2.05) is 0 Å². The third-order valence-electron chi connectivity index (χ3n) is 4.94. The van der Waals surface area contributed by atoms with Gasteiger partial charge in [-0.3, -0.25) is 0 Å². The van der Waals surface area contributed by atoms with Crippen molar-refractivity contribution in [1.29, 1.82) is 0 Å². The van der Waals surface area contributed by atoms with E-state index >= 15 is 0 Å². The lowest BCUT2D eigenvalue weighted by atomic mass is 9.92. The molecule has 0 aromatic heterocycles. The number of aryl methyl sites for hydroxylation is 2. The fourth-order valence-corrected chi connectivity index (χ4v) is 3.57. The second-order valence-electron chi connectivity index (χ2n) is 6.90. The maximum atomic E-state index is 9.03. The van der Waals surface area contributed by atoms with Gasteiger partial charge in [-0.1, -0.05) is 31.2 Å². The smallest absolute Gasteiger partial charge is 0.124 e. The molecule has 0 radical (unpaired) electrons. The van der Waals surface area contributed by atoms with Crippen LogP contribution >= 0.6 is 0 Å². The van der Waals surface area contributed by atoms with Crippen LogP contribution in [0.25, 0.3) is 0 Å². The molecule has 0 aliphatic rings. The second kappa shape index (κ2) is 10.2. The van der Waals surface area contributed by atoms with Gasteiger partial charge >= 0.3 is 0 Å². The van der Waals surface area contributed by atoms with Gasteiger partial charge in [-0.15, -0.1) is 0 Å². The lowest BCUT2D eigenvalue weighted by Gasteiger charge is -2.15. The SMILES string of the molecule is CCC(CCCO)c1ccc(OCCc2cc(C)c(OC)c(C)c2)cc1. The van der Waals surface area contributed by atoms with Crippen LogP contribution in [-0.2, 0) is 6.42 Å². The molecule has 3 nitrogen and oxygen atoms in total. The zero-order chi connectivity index (χ0) is 18.9. The van der Waals surface area contributed by atoms with Crippen molar-refractivity contribution >= 4 is 0 Å². The molecule has 2 aromatic carbocycles. The molecule has 0 spiro atoms. The first-order chi connectivity index (χ1) is 12.6. The van der Waals surface area contributed by atoms with Gasteiger partial charge in [-0.05, 0) is 73.4 Å². The van der Waals surface area contributed by atoms with Crippen LogP contribution in [0.3, 0.4) is 0 Å². The Labute approximate surface area is 158 Å². The van der Waals surface area contributed by atoms with Gasteiger partial charge in [0.05, 0.1) is 13.7 Å². The average molecular weight is 357 g/mol. The first kappa shape index (κ1) is 20.3. The third-order valence-corrected chi connectivity index (χ3v) is 4.94. The van der Waals surface area contributed by atoms with Crippen LogP contribution in [0.15, 0.2) is 36.4 Å². The van der Waals surface area contributed by atoms with Crippen molar-refractivity contribution in [1.82, 2.24) is 0 Å². The van der Waals surface area contributed by atoms with Crippen LogP contribution in [-0.4, -0.2) is 25.4 Å². The van der Waals surface area contributed by atoms with Crippen LogP contribution in [0.2, 0.25) is 0 Å². The Kier molecular flexibility index (Phi) is 7.99. The monoisotopic (exact) mass is 356 g/mol. The predicted octanol–water partition coefficient (Wildman–Crippen LogP) is 5.20. The molecule has 1 atom stereocenters. The van der Waals surface area contributed by atoms with Gasteiger partial charge in [-0.2, -0.15) is 0 Å². The van der Waals surface area contributed by atoms with E-state index in [4.69, 9.17) is 14.6 Å². The number of hydrogen-bond donors (Lipinski definition) is 1. The van der Waals surface area contributed by atoms with Crippen molar-refractivity contribution < 1.29 is 14.6 Å². The molecule has 0 bridgehead atoms. The van der Waals surface area contributed by atoms with Gasteiger partial charge in [0.2, 0.25) is 0 Å². The topological polar surface area (TPSA) is 38.7 Å². The van der Waals surface area contributed by atoms with E-state index < -0.39 is 0 Å². The fraction of sp³-hybridized carbons (Fsp3) is 0.478. The van der Waals surface area contributed by atoms with E-state index in [1.54, 1.807) is 7.11 Å². The molecule has 0 heterocycles. The quantitative estimate of drug-likeness (QED) is 0.636. The molecule has 2 rings (SSSR count). The van der Waals surface area contributed by atoms with E-state index in [-0.39, 0.29) is 6.61 Å². The van der Waals surface area contributed by atoms with Crippen molar-refractivity contribution in [3.63, 3.8) is 0 Å². The standard InChI is InChI=1S/C23H32O3/c1-5-20(7-6-13-24)21-8-10-22(11-9-21)26-14-12-19-15-17(2)23(25-4)18(3)16-19/h8-11,15-16,20,24H,5-7,12-14H2,1-4H3. The van der Waals surface area contributed by atoms with Crippen molar-refractivity contribution in [3.8, 4) is 11.5 Å². The summed E-state index contributed by atoms with van der Waals surface area (Å²) in [6.07, 6.45) is 3.86. The molecule has 0 amide bonds. The number of hydrogen-bond acceptors (Lipinski definition) is 3. The zero-order valence-corrected chi connectivity index (χ0v) is 16.5. The van der Waals surface area contributed by atoms with Crippen LogP contribution in [0.4, 0.5) is 0 Å². The molecule has 0 fully saturated rings. The molecule has 26 heavy (non-hydrogen) atoms. The Balaban J connectivity index is 1.90. The van der Waals surface area contributed by atoms with Crippen LogP contribution in [0.1, 0.15) is 54.4 Å². The molecule has 142 valence electrons. The molecular formula is C23H32O3. The van der Waals surface area contributed by atoms with E-state index in [0.717, 1.165) is 37.2 Å². The minimum atomic E-state index is 0.266. The van der Waals surface area contributed by atoms with Crippen molar-refractivity contribution in [2.45, 2.75) is 52.4 Å². The minimum Gasteiger partial charge on any atom is -0.496 e. The number of aliphatic hydroxyl groups excluding tert-OH is 1. The number of aliphatic hydroxyl groups is 1. The number of ether oxygens (including phenoxy) is 2. The Morgan fingerprint density at radius 2 is 1.69 bits per heavy atom. The molecule has 0 aliphatic heterocycles. The zero-order valence-electron chi connectivity index (χ0n) is 16.5. The maximum absolute atomic E-state index is 9.03. The Morgan fingerprint density at radius 1 is 1.04 bits per heavy atom. The van der Waals surface area contributed by atoms with Crippen molar-refractivity contribution in [2.24, 2.45) is 0 Å². The lowest BCUT2D eigenvalue weighted by molar-refractivity contribution is 0.279. The van der Waals surface area contributed by atoms with E-state index in [9.17, 15) is 0 Å². The maximum Gasteiger partial charge on any atom is 0.124 e. The highest BCUT2D eigenvalue weighted by molar-refractivity contribution is 5.43. The molecule has 0 saturated carbocycles. The average Bonchev–Trinajstić information content (AvgIpc) is 2.63. The molecular weight excluding hydrogens is 324 g/mol. The summed E-state index contributed by atoms with van der Waals surface area (Å²) in [5, 5.41) is 9.03. The summed E-state index contributed by atoms with van der Waals surface area (Å²) in [7, 11) is 1.72. The Morgan fingerprint density at radius 3 is 2.23 bits per heavy atom. The van der Waals surface area contributed by atoms with Crippen LogP contribution in [0.5, 0.6) is 11.5 Å². The Hall–Kier alpha value is -2.00. The van der Waals surface area contributed by atoms with Crippen molar-refractivity contribution in [3.05, 3.63) is 58.7 Å². The summed E-state index contributed by atoms with van der Waals surface area (Å²) in [6, 6.07) is 12.8. The van der Waals surface area contributed by atoms with Gasteiger partial charge in [0, 0.05) is 13.0 Å². The number of methoxy groups -OCH3 is 1. The van der Waals surface area contributed by atoms with Gasteiger partial charge in [0.25, 0.3) is 0 Å². The van der Waals surface area contributed by atoms with Crippen LogP contribution < -0.4 is 9.47 Å². The van der Waals surface area contributed by atoms with Gasteiger partial charge in [0.15, 0.2) is 0 Å². The lowest BCUT2D eigenvalue weighted by Crippen LogP contribution is -2.03. The summed E-state index contributed by atoms with van der Waals surface area (Å²) in [6.45, 7) is 7.28. The van der Waals surface area contributed by atoms with E-state index in [0.29, 0.717) is 12.5 Å². The van der Waals surface area contributed by atoms with E-state index in [1.165, 1.54) is 22.3 Å². The predicted molar refractivity (Wildman–Crippen MR) is 107 cm³/mol. The second-order valence-corrected chi connectivity index (χ2v) is 6.90. The molecule has 0 aliphatic carbocycles. The summed E-state index contributed by atoms with van der Waals surface area (Å²) < 4.78 is 11.3. The molecule has 3 heteroatoms. The van der Waals surface area contributed by atoms with E-state index in [2.05, 4.69) is 57.2 Å². The molecule has 1 unspecified atom stereocenters. The first-order valence-corrected chi connectivity index (χ1v) is 9.56. The molecule has 0 saturated heterocycles. The summed E-state index contributed by atoms with van der Waals surface area (Å²) in [5.74, 6) is 2.39. The molecule has 1 N–H and O–H groups in total. The van der Waals surface area contributed by atoms with Gasteiger partial charge in [-0.25, -0.2) is 0 Å². The summed E-state index contributed by atoms with van der Waals surface area (Å²) >= 11 is 0. The summed E-state index contributed by atoms with van der Waals surface area (Å²) in [5.41, 5.74) is 4.93. The first-order valence-electron chi connectivity index (χ1n) is 9.56. The highest BCUT2D eigenvalue weighted by Crippen LogP contribution is 2.27. The van der Waals surface area contributed by atoms with Gasteiger partial charge in [0.1, 0.15) is 11.5 Å². The van der Waals surface area contributed by atoms with Gasteiger partial charge < -0.3 is 14.6 Å². The van der Waals surface area contributed by atoms with Crippen LogP contribution in [0, 0.1) is 13.8 Å². The number of rotatable bonds is 10. The minimum absolute atomic E-state index is 0.266. The highest BCUT2D eigenvalue weighted by Gasteiger charge is 2.09. The summed E-state index contributed by atoms with van der Waals surface area (Å²) in [4.78, 5) is 0. The normalized spacial score (nSPS) is 12.0. The number of benzene rings is 2.